The van der Waals surface area contributed by atoms with Crippen molar-refractivity contribution in [2.24, 2.45) is 0 Å². The van der Waals surface area contributed by atoms with E-state index in [9.17, 15) is 9.90 Å². The van der Waals surface area contributed by atoms with Gasteiger partial charge in [0.1, 0.15) is 75.5 Å². The van der Waals surface area contributed by atoms with Gasteiger partial charge in [0.15, 0.2) is 26.2 Å². The molecule has 0 spiro atoms. The molecule has 0 fully saturated rings. The molecule has 5 aromatic carbocycles. The molecule has 0 radical (unpaired) electrons. The van der Waals surface area contributed by atoms with Crippen LogP contribution >= 0.6 is 0 Å². The number of hydrogen-bond donors (Lipinski definition) is 1. The largest absolute Gasteiger partial charge is 0.507 e. The summed E-state index contributed by atoms with van der Waals surface area (Å²) < 4.78 is 59.6. The van der Waals surface area contributed by atoms with Crippen LogP contribution in [-0.2, 0) is 27.2 Å². The minimum atomic E-state index is -0.533. The van der Waals surface area contributed by atoms with Crippen LogP contribution in [0.3, 0.4) is 0 Å². The average Bonchev–Trinajstić information content (AvgIpc) is 3.64. The van der Waals surface area contributed by atoms with E-state index >= 15 is 0 Å². The molecule has 0 saturated heterocycles. The van der Waals surface area contributed by atoms with Gasteiger partial charge in [-0.25, -0.2) is 0 Å². The van der Waals surface area contributed by atoms with Gasteiger partial charge in [-0.15, -0.1) is 0 Å². The Balaban J connectivity index is 1.47. The molecule has 67 heavy (non-hydrogen) atoms. The highest BCUT2D eigenvalue weighted by Gasteiger charge is 2.39. The van der Waals surface area contributed by atoms with E-state index in [0.717, 1.165) is 33.6 Å². The van der Waals surface area contributed by atoms with Gasteiger partial charge in [0, 0.05) is 56.2 Å². The first kappa shape index (κ1) is 50.0. The van der Waals surface area contributed by atoms with Crippen LogP contribution in [0.25, 0.3) is 6.08 Å². The predicted molar refractivity (Wildman–Crippen MR) is 258 cm³/mol. The summed E-state index contributed by atoms with van der Waals surface area (Å²) >= 11 is 0. The minimum absolute atomic E-state index is 0.0600. The normalized spacial score (nSPS) is 14.6. The molecule has 2 atom stereocenters. The number of methoxy groups -OCH3 is 3. The first-order valence-corrected chi connectivity index (χ1v) is 22.2. The fourth-order valence-electron chi connectivity index (χ4n) is 7.53. The maximum atomic E-state index is 14.4. The van der Waals surface area contributed by atoms with Crippen LogP contribution in [-0.4, -0.2) is 63.8 Å². The first-order chi connectivity index (χ1) is 32.0. The van der Waals surface area contributed by atoms with Crippen molar-refractivity contribution in [2.75, 3.05) is 41.7 Å². The zero-order valence-corrected chi connectivity index (χ0v) is 40.5. The molecule has 0 saturated carbocycles. The Morgan fingerprint density at radius 2 is 1.27 bits per heavy atom. The Hall–Kier alpha value is -6.47. The molecule has 1 aliphatic heterocycles. The van der Waals surface area contributed by atoms with Gasteiger partial charge in [0.05, 0.1) is 5.92 Å². The van der Waals surface area contributed by atoms with E-state index in [1.165, 1.54) is 27.4 Å². The summed E-state index contributed by atoms with van der Waals surface area (Å²) in [6.07, 6.45) is 4.73. The summed E-state index contributed by atoms with van der Waals surface area (Å²) in [5.74, 6) is 2.15. The van der Waals surface area contributed by atoms with Crippen molar-refractivity contribution in [3.8, 4) is 46.0 Å². The maximum absolute atomic E-state index is 14.4. The number of phenolic OH excluding ortho intramolecular Hbond substituents is 1. The number of ketones is 1. The second-order valence-corrected chi connectivity index (χ2v) is 18.4. The third kappa shape index (κ3) is 13.6. The van der Waals surface area contributed by atoms with Crippen LogP contribution in [0, 0.1) is 0 Å². The Morgan fingerprint density at radius 3 is 1.85 bits per heavy atom. The number of phenols is 1. The fraction of sp³-hybridized carbons (Fsp3) is 0.364. The van der Waals surface area contributed by atoms with Crippen LogP contribution in [0.5, 0.6) is 46.0 Å². The van der Waals surface area contributed by atoms with Crippen molar-refractivity contribution in [2.45, 2.75) is 91.6 Å². The summed E-state index contributed by atoms with van der Waals surface area (Å²) in [4.78, 5) is 14.4. The van der Waals surface area contributed by atoms with Crippen LogP contribution in [0.15, 0.2) is 109 Å². The number of carbonyl (C=O) groups excluding carboxylic acids is 1. The van der Waals surface area contributed by atoms with E-state index < -0.39 is 29.0 Å². The third-order valence-electron chi connectivity index (χ3n) is 10.3. The van der Waals surface area contributed by atoms with Crippen molar-refractivity contribution in [1.29, 1.82) is 0 Å². The Morgan fingerprint density at radius 1 is 0.672 bits per heavy atom. The van der Waals surface area contributed by atoms with Crippen LogP contribution < -0.4 is 33.2 Å². The number of ether oxygens (including phenoxy) is 10. The topological polar surface area (TPSA) is 130 Å². The number of aromatic hydroxyl groups is 1. The first-order valence-electron chi connectivity index (χ1n) is 22.2. The number of carbonyl (C=O) groups is 1. The number of allylic oxidation sites excluding steroid dienone is 3. The molecule has 0 unspecified atom stereocenters. The zero-order chi connectivity index (χ0) is 48.3. The summed E-state index contributed by atoms with van der Waals surface area (Å²) in [5, 5.41) is 11.8. The lowest BCUT2D eigenvalue weighted by atomic mass is 9.84. The lowest BCUT2D eigenvalue weighted by Crippen LogP contribution is -2.25. The second-order valence-electron chi connectivity index (χ2n) is 18.4. The van der Waals surface area contributed by atoms with Gasteiger partial charge in [-0.2, -0.15) is 0 Å². The molecule has 12 heteroatoms. The molecular formula is C55H64O12. The molecule has 6 rings (SSSR count). The van der Waals surface area contributed by atoms with Crippen molar-refractivity contribution >= 4 is 11.9 Å². The number of rotatable bonds is 21. The van der Waals surface area contributed by atoms with Crippen molar-refractivity contribution < 1.29 is 57.3 Å². The van der Waals surface area contributed by atoms with Crippen LogP contribution in [0.1, 0.15) is 111 Å². The van der Waals surface area contributed by atoms with E-state index in [2.05, 4.69) is 0 Å². The molecule has 1 N–H and O–H groups in total. The van der Waals surface area contributed by atoms with Crippen molar-refractivity contribution in [3.63, 3.8) is 0 Å². The van der Waals surface area contributed by atoms with Gasteiger partial charge in [-0.1, -0.05) is 54.1 Å². The molecular weight excluding hydrogens is 853 g/mol. The van der Waals surface area contributed by atoms with Crippen LogP contribution in [0.2, 0.25) is 0 Å². The molecule has 0 aliphatic carbocycles. The number of hydrogen-bond acceptors (Lipinski definition) is 12. The summed E-state index contributed by atoms with van der Waals surface area (Å²) in [6.45, 7) is 16.0. The SMILES string of the molecule is COCOc1cc2c(cc1/C=C/C(=O)c1c(OCOC)cc(OCOC)c(CC=C(C)C)c1O)[C@@H](c1cc(OC(C)(C)C)cc(OC(C)(C)C)c1)[C@@H](c1ccc(OCc3ccccc3)cc1)O2. The Kier molecular flexibility index (Phi) is 16.7. The zero-order valence-electron chi connectivity index (χ0n) is 40.5. The molecule has 0 amide bonds. The van der Waals surface area contributed by atoms with Gasteiger partial charge in [-0.3, -0.25) is 4.79 Å². The average molecular weight is 917 g/mol. The smallest absolute Gasteiger partial charge is 0.193 e. The van der Waals surface area contributed by atoms with Gasteiger partial charge in [0.2, 0.25) is 0 Å². The van der Waals surface area contributed by atoms with E-state index in [1.807, 2.05) is 146 Å². The fourth-order valence-corrected chi connectivity index (χ4v) is 7.53. The van der Waals surface area contributed by atoms with Crippen LogP contribution in [0.4, 0.5) is 0 Å². The third-order valence-corrected chi connectivity index (χ3v) is 10.3. The highest BCUT2D eigenvalue weighted by molar-refractivity contribution is 6.11. The van der Waals surface area contributed by atoms with Gasteiger partial charge >= 0.3 is 0 Å². The van der Waals surface area contributed by atoms with Gasteiger partial charge < -0.3 is 52.5 Å². The summed E-state index contributed by atoms with van der Waals surface area (Å²) in [5.41, 5.74) is 4.60. The van der Waals surface area contributed by atoms with Gasteiger partial charge in [-0.05, 0) is 121 Å². The lowest BCUT2D eigenvalue weighted by Gasteiger charge is -2.27. The standard InChI is InChI=1S/C55H64O12/c1-35(2)17-23-43-47(63-33-59-10)30-49(64-34-60-11)51(52(43)57)45(56)24-20-38-27-44-48(29-46(38)62-32-58-9)65-53(37-18-21-40(22-19-37)61-31-36-15-13-12-14-16-36)50(44)39-25-41(66-54(3,4)5)28-42(26-39)67-55(6,7)8/h12-22,24-30,50,53,57H,23,31-34H2,1-11H3/b24-20+/t50-,53-/m1/s1. The van der Waals surface area contributed by atoms with Crippen molar-refractivity contribution in [3.05, 3.63) is 148 Å². The van der Waals surface area contributed by atoms with E-state index in [-0.39, 0.29) is 43.9 Å². The number of benzene rings is 5. The second kappa shape index (κ2) is 22.3. The summed E-state index contributed by atoms with van der Waals surface area (Å²) in [7, 11) is 4.49. The maximum Gasteiger partial charge on any atom is 0.193 e. The monoisotopic (exact) mass is 916 g/mol. The predicted octanol–water partition coefficient (Wildman–Crippen LogP) is 11.9. The van der Waals surface area contributed by atoms with Crippen molar-refractivity contribution in [1.82, 2.24) is 0 Å². The number of fused-ring (bicyclic) bond motifs is 1. The summed E-state index contributed by atoms with van der Waals surface area (Å²) in [6, 6.07) is 29.2. The van der Waals surface area contributed by atoms with E-state index in [1.54, 1.807) is 12.1 Å². The van der Waals surface area contributed by atoms with E-state index in [4.69, 9.17) is 47.4 Å². The van der Waals surface area contributed by atoms with E-state index in [0.29, 0.717) is 46.5 Å². The molecule has 356 valence electrons. The molecule has 1 heterocycles. The molecule has 0 aromatic heterocycles. The molecule has 1 aliphatic rings. The lowest BCUT2D eigenvalue weighted by molar-refractivity contribution is 0.0449. The minimum Gasteiger partial charge on any atom is -0.507 e. The quantitative estimate of drug-likeness (QED) is 0.0325. The molecule has 12 nitrogen and oxygen atoms in total. The Bertz CT molecular complexity index is 2470. The molecule has 5 aromatic rings. The highest BCUT2D eigenvalue weighted by atomic mass is 16.7. The molecule has 0 bridgehead atoms. The highest BCUT2D eigenvalue weighted by Crippen LogP contribution is 2.53. The van der Waals surface area contributed by atoms with Gasteiger partial charge in [0.25, 0.3) is 0 Å². The Labute approximate surface area is 394 Å².